The molecule has 0 saturated heterocycles. The van der Waals surface area contributed by atoms with Crippen molar-refractivity contribution in [3.05, 3.63) is 41.5 Å². The summed E-state index contributed by atoms with van der Waals surface area (Å²) in [6, 6.07) is 7.40. The zero-order valence-electron chi connectivity index (χ0n) is 15.3. The summed E-state index contributed by atoms with van der Waals surface area (Å²) in [5, 5.41) is 5.53. The quantitative estimate of drug-likeness (QED) is 0.657. The monoisotopic (exact) mass is 421 g/mol. The first kappa shape index (κ1) is 19.2. The van der Waals surface area contributed by atoms with Gasteiger partial charge < -0.3 is 4.52 Å². The zero-order chi connectivity index (χ0) is 19.7. The van der Waals surface area contributed by atoms with Gasteiger partial charge in [-0.2, -0.15) is 4.98 Å². The Bertz CT molecular complexity index is 1070. The maximum atomic E-state index is 13.4. The highest BCUT2D eigenvalue weighted by Gasteiger charge is 2.26. The lowest BCUT2D eigenvalue weighted by atomic mass is 9.88. The molecule has 0 amide bonds. The second-order valence-electron chi connectivity index (χ2n) is 7.17. The summed E-state index contributed by atoms with van der Waals surface area (Å²) in [4.78, 5) is 4.26. The van der Waals surface area contributed by atoms with Crippen molar-refractivity contribution in [1.29, 1.82) is 0 Å². The zero-order valence-corrected chi connectivity index (χ0v) is 16.9. The van der Waals surface area contributed by atoms with Gasteiger partial charge in [0.1, 0.15) is 10.0 Å². The maximum Gasteiger partial charge on any atom is 0.259 e. The Labute approximate surface area is 166 Å². The fourth-order valence-corrected chi connectivity index (χ4v) is 5.79. The number of hydrogen-bond donors (Lipinski definition) is 1. The Morgan fingerprint density at radius 2 is 1.96 bits per heavy atom. The van der Waals surface area contributed by atoms with Gasteiger partial charge in [0.05, 0.1) is 5.56 Å². The number of sulfonamides is 1. The number of halogens is 1. The highest BCUT2D eigenvalue weighted by Crippen LogP contribution is 2.30. The third kappa shape index (κ3) is 4.16. The van der Waals surface area contributed by atoms with Gasteiger partial charge in [0.15, 0.2) is 0 Å². The number of thiophene rings is 1. The van der Waals surface area contributed by atoms with Crippen molar-refractivity contribution in [3.8, 4) is 22.8 Å². The second-order valence-corrected chi connectivity index (χ2v) is 10.0. The molecule has 6 nitrogen and oxygen atoms in total. The normalized spacial score (nSPS) is 20.4. The molecule has 0 radical (unpaired) electrons. The second kappa shape index (κ2) is 7.73. The van der Waals surface area contributed by atoms with Crippen LogP contribution in [0.4, 0.5) is 4.39 Å². The van der Waals surface area contributed by atoms with Crippen LogP contribution in [-0.2, 0) is 10.0 Å². The largest absolute Gasteiger partial charge is 0.334 e. The number of nitrogens with one attached hydrogen (secondary N) is 1. The van der Waals surface area contributed by atoms with Crippen LogP contribution < -0.4 is 4.72 Å². The first-order valence-corrected chi connectivity index (χ1v) is 11.5. The fourth-order valence-electron chi connectivity index (χ4n) is 3.31. The standard InChI is InChI=1S/C19H20FN3O3S2/c1-12-5-7-16(8-6-12)23-28(24,25)17-10-14(11-27-17)19-21-18(22-26-19)13-3-2-4-15(20)9-13/h2-4,9-12,16,23H,5-8H2,1H3. The topological polar surface area (TPSA) is 85.1 Å². The molecule has 0 atom stereocenters. The van der Waals surface area contributed by atoms with E-state index in [2.05, 4.69) is 21.8 Å². The van der Waals surface area contributed by atoms with Gasteiger partial charge in [-0.05, 0) is 49.8 Å². The molecule has 1 aliphatic carbocycles. The molecule has 1 fully saturated rings. The summed E-state index contributed by atoms with van der Waals surface area (Å²) < 4.78 is 47.0. The van der Waals surface area contributed by atoms with Crippen molar-refractivity contribution < 1.29 is 17.3 Å². The minimum Gasteiger partial charge on any atom is -0.334 e. The van der Waals surface area contributed by atoms with Crippen LogP contribution in [0.25, 0.3) is 22.8 Å². The number of nitrogens with zero attached hydrogens (tertiary/aromatic N) is 2. The molecule has 3 aromatic rings. The minimum atomic E-state index is -3.59. The smallest absolute Gasteiger partial charge is 0.259 e. The van der Waals surface area contributed by atoms with Crippen LogP contribution in [0, 0.1) is 11.7 Å². The van der Waals surface area contributed by atoms with Gasteiger partial charge >= 0.3 is 0 Å². The summed E-state index contributed by atoms with van der Waals surface area (Å²) in [6.45, 7) is 2.19. The minimum absolute atomic E-state index is 0.0188. The van der Waals surface area contributed by atoms with Crippen molar-refractivity contribution in [2.75, 3.05) is 0 Å². The molecular formula is C19H20FN3O3S2. The summed E-state index contributed by atoms with van der Waals surface area (Å²) in [7, 11) is -3.59. The molecule has 1 aliphatic rings. The van der Waals surface area contributed by atoms with Crippen molar-refractivity contribution in [2.45, 2.75) is 42.9 Å². The van der Waals surface area contributed by atoms with Crippen molar-refractivity contribution in [1.82, 2.24) is 14.9 Å². The number of benzene rings is 1. The summed E-state index contributed by atoms with van der Waals surface area (Å²) in [5.74, 6) is 0.706. The Balaban J connectivity index is 1.51. The lowest BCUT2D eigenvalue weighted by molar-refractivity contribution is 0.332. The molecule has 0 unspecified atom stereocenters. The van der Waals surface area contributed by atoms with E-state index >= 15 is 0 Å². The van der Waals surface area contributed by atoms with Crippen LogP contribution in [-0.4, -0.2) is 24.6 Å². The summed E-state index contributed by atoms with van der Waals surface area (Å²) in [5.41, 5.74) is 1.02. The third-order valence-corrected chi connectivity index (χ3v) is 7.89. The third-order valence-electron chi connectivity index (χ3n) is 4.93. The van der Waals surface area contributed by atoms with Gasteiger partial charge in [0.25, 0.3) is 5.89 Å². The van der Waals surface area contributed by atoms with Crippen molar-refractivity contribution >= 4 is 21.4 Å². The van der Waals surface area contributed by atoms with E-state index in [4.69, 9.17) is 4.52 Å². The average Bonchev–Trinajstić information content (AvgIpc) is 3.33. The average molecular weight is 422 g/mol. The van der Waals surface area contributed by atoms with Gasteiger partial charge in [0.2, 0.25) is 15.8 Å². The summed E-state index contributed by atoms with van der Waals surface area (Å²) in [6.07, 6.45) is 3.79. The predicted octanol–water partition coefficient (Wildman–Crippen LogP) is 4.46. The lowest BCUT2D eigenvalue weighted by Gasteiger charge is -2.26. The lowest BCUT2D eigenvalue weighted by Crippen LogP contribution is -2.36. The van der Waals surface area contributed by atoms with E-state index in [9.17, 15) is 12.8 Å². The molecule has 1 N–H and O–H groups in total. The fraction of sp³-hybridized carbons (Fsp3) is 0.368. The van der Waals surface area contributed by atoms with E-state index in [0.29, 0.717) is 17.0 Å². The summed E-state index contributed by atoms with van der Waals surface area (Å²) >= 11 is 1.11. The molecular weight excluding hydrogens is 401 g/mol. The van der Waals surface area contributed by atoms with Gasteiger partial charge in [-0.3, -0.25) is 0 Å². The van der Waals surface area contributed by atoms with Crippen LogP contribution >= 0.6 is 11.3 Å². The number of aromatic nitrogens is 2. The van der Waals surface area contributed by atoms with E-state index < -0.39 is 15.8 Å². The Morgan fingerprint density at radius 1 is 1.18 bits per heavy atom. The highest BCUT2D eigenvalue weighted by molar-refractivity contribution is 7.91. The van der Waals surface area contributed by atoms with Crippen LogP contribution in [0.15, 0.2) is 44.4 Å². The molecule has 2 heterocycles. The number of rotatable bonds is 5. The molecule has 148 valence electrons. The van der Waals surface area contributed by atoms with Crippen LogP contribution in [0.3, 0.4) is 0 Å². The molecule has 0 aliphatic heterocycles. The van der Waals surface area contributed by atoms with E-state index in [1.807, 2.05) is 0 Å². The Kier molecular flexibility index (Phi) is 5.31. The Morgan fingerprint density at radius 3 is 2.71 bits per heavy atom. The van der Waals surface area contributed by atoms with Crippen LogP contribution in [0.1, 0.15) is 32.6 Å². The molecule has 28 heavy (non-hydrogen) atoms. The molecule has 9 heteroatoms. The first-order valence-electron chi connectivity index (χ1n) is 9.11. The van der Waals surface area contributed by atoms with E-state index in [1.165, 1.54) is 18.2 Å². The van der Waals surface area contributed by atoms with E-state index in [0.717, 1.165) is 37.0 Å². The predicted molar refractivity (Wildman–Crippen MR) is 105 cm³/mol. The van der Waals surface area contributed by atoms with Gasteiger partial charge in [-0.15, -0.1) is 11.3 Å². The highest BCUT2D eigenvalue weighted by atomic mass is 32.2. The van der Waals surface area contributed by atoms with E-state index in [-0.39, 0.29) is 22.0 Å². The van der Waals surface area contributed by atoms with E-state index in [1.54, 1.807) is 17.5 Å². The molecule has 4 rings (SSSR count). The number of hydrogen-bond acceptors (Lipinski definition) is 6. The van der Waals surface area contributed by atoms with Crippen LogP contribution in [0.5, 0.6) is 0 Å². The van der Waals surface area contributed by atoms with Gasteiger partial charge in [0, 0.05) is 17.0 Å². The Hall–Kier alpha value is -2.10. The first-order chi connectivity index (χ1) is 13.4. The van der Waals surface area contributed by atoms with Crippen molar-refractivity contribution in [2.24, 2.45) is 5.92 Å². The maximum absolute atomic E-state index is 13.4. The van der Waals surface area contributed by atoms with Gasteiger partial charge in [-0.25, -0.2) is 17.5 Å². The SMILES string of the molecule is CC1CCC(NS(=O)(=O)c2cc(-c3nc(-c4cccc(F)c4)no3)cs2)CC1. The van der Waals surface area contributed by atoms with Crippen LogP contribution in [0.2, 0.25) is 0 Å². The molecule has 0 bridgehead atoms. The molecule has 0 spiro atoms. The van der Waals surface area contributed by atoms with Crippen molar-refractivity contribution in [3.63, 3.8) is 0 Å². The molecule has 2 aromatic heterocycles. The molecule has 1 saturated carbocycles. The van der Waals surface area contributed by atoms with Gasteiger partial charge in [-0.1, -0.05) is 24.2 Å². The molecule has 1 aromatic carbocycles.